The molecule has 3 aromatic carbocycles. The third kappa shape index (κ3) is 5.11. The highest BCUT2D eigenvalue weighted by Crippen LogP contribution is 2.24. The Bertz CT molecular complexity index is 992. The molecule has 0 atom stereocenters. The van der Waals surface area contributed by atoms with E-state index in [0.717, 1.165) is 22.1 Å². The molecule has 3 rings (SSSR count). The largest absolute Gasteiger partial charge is 0.497 e. The molecule has 6 heteroatoms. The average Bonchev–Trinajstić information content (AvgIpc) is 2.75. The summed E-state index contributed by atoms with van der Waals surface area (Å²) in [4.78, 5) is 23.7. The lowest BCUT2D eigenvalue weighted by molar-refractivity contribution is -0.128. The van der Waals surface area contributed by atoms with Crippen LogP contribution in [0.5, 0.6) is 11.5 Å². The lowest BCUT2D eigenvalue weighted by Crippen LogP contribution is -2.43. The van der Waals surface area contributed by atoms with E-state index >= 15 is 0 Å². The van der Waals surface area contributed by atoms with E-state index in [0.29, 0.717) is 5.75 Å². The summed E-state index contributed by atoms with van der Waals surface area (Å²) in [5.74, 6) is 0.437. The standard InChI is InChI=1S/C22H20N2O4/c1-27-18-12-9-16(10-13-18)11-14-21(25)23-24-22(26)15-28-20-8-4-6-17-5-2-3-7-19(17)20/h2-14H,15H2,1H3,(H,23,25)(H,24,26). The molecular weight excluding hydrogens is 356 g/mol. The fourth-order valence-electron chi connectivity index (χ4n) is 2.56. The van der Waals surface area contributed by atoms with Crippen LogP contribution in [0.3, 0.4) is 0 Å². The molecule has 142 valence electrons. The molecule has 0 unspecified atom stereocenters. The molecule has 2 amide bonds. The molecule has 0 radical (unpaired) electrons. The number of carbonyl (C=O) groups excluding carboxylic acids is 2. The van der Waals surface area contributed by atoms with Gasteiger partial charge in [-0.05, 0) is 35.2 Å². The number of hydrogen-bond donors (Lipinski definition) is 2. The number of hydrogen-bond acceptors (Lipinski definition) is 4. The summed E-state index contributed by atoms with van der Waals surface area (Å²) in [7, 11) is 1.59. The van der Waals surface area contributed by atoms with Gasteiger partial charge in [-0.15, -0.1) is 0 Å². The molecular formula is C22H20N2O4. The summed E-state index contributed by atoms with van der Waals surface area (Å²) in [6, 6.07) is 20.6. The second-order valence-electron chi connectivity index (χ2n) is 5.91. The average molecular weight is 376 g/mol. The van der Waals surface area contributed by atoms with E-state index in [-0.39, 0.29) is 6.61 Å². The van der Waals surface area contributed by atoms with Crippen molar-refractivity contribution in [2.45, 2.75) is 0 Å². The third-order valence-electron chi connectivity index (χ3n) is 3.98. The first-order chi connectivity index (χ1) is 13.7. The zero-order chi connectivity index (χ0) is 19.8. The number of ether oxygens (including phenoxy) is 2. The summed E-state index contributed by atoms with van der Waals surface area (Å²) in [5, 5.41) is 1.95. The number of hydrazine groups is 1. The minimum atomic E-state index is -0.459. The van der Waals surface area contributed by atoms with E-state index in [1.165, 1.54) is 6.08 Å². The zero-order valence-corrected chi connectivity index (χ0v) is 15.3. The topological polar surface area (TPSA) is 76.7 Å². The minimum Gasteiger partial charge on any atom is -0.497 e. The van der Waals surface area contributed by atoms with Crippen LogP contribution in [0.15, 0.2) is 72.8 Å². The van der Waals surface area contributed by atoms with Crippen molar-refractivity contribution in [3.05, 3.63) is 78.4 Å². The summed E-state index contributed by atoms with van der Waals surface area (Å²) >= 11 is 0. The van der Waals surface area contributed by atoms with Gasteiger partial charge in [0.15, 0.2) is 6.61 Å². The van der Waals surface area contributed by atoms with Crippen LogP contribution >= 0.6 is 0 Å². The second kappa shape index (κ2) is 9.23. The Labute approximate surface area is 162 Å². The maximum Gasteiger partial charge on any atom is 0.276 e. The first-order valence-electron chi connectivity index (χ1n) is 8.67. The molecule has 3 aromatic rings. The van der Waals surface area contributed by atoms with Gasteiger partial charge in [-0.3, -0.25) is 20.4 Å². The third-order valence-corrected chi connectivity index (χ3v) is 3.98. The smallest absolute Gasteiger partial charge is 0.276 e. The van der Waals surface area contributed by atoms with Gasteiger partial charge in [0.05, 0.1) is 7.11 Å². The van der Waals surface area contributed by atoms with E-state index in [2.05, 4.69) is 10.9 Å². The molecule has 0 aliphatic carbocycles. The van der Waals surface area contributed by atoms with Crippen molar-refractivity contribution in [3.63, 3.8) is 0 Å². The summed E-state index contributed by atoms with van der Waals surface area (Å²) < 4.78 is 10.6. The van der Waals surface area contributed by atoms with Crippen LogP contribution in [-0.4, -0.2) is 25.5 Å². The summed E-state index contributed by atoms with van der Waals surface area (Å²) in [5.41, 5.74) is 5.47. The van der Waals surface area contributed by atoms with Gasteiger partial charge in [0.1, 0.15) is 11.5 Å². The minimum absolute atomic E-state index is 0.212. The van der Waals surface area contributed by atoms with Gasteiger partial charge in [-0.1, -0.05) is 48.5 Å². The number of methoxy groups -OCH3 is 1. The van der Waals surface area contributed by atoms with Crippen molar-refractivity contribution >= 4 is 28.7 Å². The lowest BCUT2D eigenvalue weighted by Gasteiger charge is -2.09. The molecule has 2 N–H and O–H groups in total. The molecule has 0 aliphatic rings. The van der Waals surface area contributed by atoms with E-state index < -0.39 is 11.8 Å². The highest BCUT2D eigenvalue weighted by Gasteiger charge is 2.06. The molecule has 0 bridgehead atoms. The van der Waals surface area contributed by atoms with Crippen LogP contribution in [0.4, 0.5) is 0 Å². The highest BCUT2D eigenvalue weighted by atomic mass is 16.5. The van der Waals surface area contributed by atoms with E-state index in [9.17, 15) is 9.59 Å². The maximum atomic E-state index is 11.9. The van der Waals surface area contributed by atoms with Crippen LogP contribution in [0.2, 0.25) is 0 Å². The second-order valence-corrected chi connectivity index (χ2v) is 5.91. The van der Waals surface area contributed by atoms with Crippen molar-refractivity contribution < 1.29 is 19.1 Å². The van der Waals surface area contributed by atoms with Gasteiger partial charge >= 0.3 is 0 Å². The van der Waals surface area contributed by atoms with Gasteiger partial charge in [0.2, 0.25) is 0 Å². The summed E-state index contributed by atoms with van der Waals surface area (Å²) in [6.07, 6.45) is 2.96. The van der Waals surface area contributed by atoms with E-state index in [4.69, 9.17) is 9.47 Å². The van der Waals surface area contributed by atoms with Crippen LogP contribution in [0.25, 0.3) is 16.8 Å². The zero-order valence-electron chi connectivity index (χ0n) is 15.3. The molecule has 0 heterocycles. The fourth-order valence-corrected chi connectivity index (χ4v) is 2.56. The number of nitrogens with one attached hydrogen (secondary N) is 2. The number of rotatable bonds is 6. The predicted molar refractivity (Wildman–Crippen MR) is 108 cm³/mol. The van der Waals surface area contributed by atoms with E-state index in [1.807, 2.05) is 48.5 Å². The molecule has 6 nitrogen and oxygen atoms in total. The SMILES string of the molecule is COc1ccc(C=CC(=O)NNC(=O)COc2cccc3ccccc23)cc1. The Morgan fingerprint density at radius 1 is 0.929 bits per heavy atom. The fraction of sp³-hybridized carbons (Fsp3) is 0.0909. The number of fused-ring (bicyclic) bond motifs is 1. The Kier molecular flexibility index (Phi) is 6.25. The van der Waals surface area contributed by atoms with Crippen molar-refractivity contribution in [1.82, 2.24) is 10.9 Å². The Morgan fingerprint density at radius 3 is 2.46 bits per heavy atom. The monoisotopic (exact) mass is 376 g/mol. The Morgan fingerprint density at radius 2 is 1.68 bits per heavy atom. The first kappa shape index (κ1) is 19.0. The van der Waals surface area contributed by atoms with Crippen LogP contribution in [0, 0.1) is 0 Å². The number of carbonyl (C=O) groups is 2. The summed E-state index contributed by atoms with van der Waals surface area (Å²) in [6.45, 7) is -0.212. The van der Waals surface area contributed by atoms with Crippen molar-refractivity contribution in [3.8, 4) is 11.5 Å². The van der Waals surface area contributed by atoms with Crippen molar-refractivity contribution in [2.24, 2.45) is 0 Å². The molecule has 0 aliphatic heterocycles. The van der Waals surface area contributed by atoms with Crippen molar-refractivity contribution in [1.29, 1.82) is 0 Å². The molecule has 28 heavy (non-hydrogen) atoms. The van der Waals surface area contributed by atoms with Gasteiger partial charge in [0, 0.05) is 11.5 Å². The molecule has 0 spiro atoms. The van der Waals surface area contributed by atoms with Crippen molar-refractivity contribution in [2.75, 3.05) is 13.7 Å². The molecule has 0 saturated heterocycles. The van der Waals surface area contributed by atoms with Gasteiger partial charge in [-0.25, -0.2) is 0 Å². The quantitative estimate of drug-likeness (QED) is 0.512. The lowest BCUT2D eigenvalue weighted by atomic mass is 10.1. The predicted octanol–water partition coefficient (Wildman–Crippen LogP) is 3.09. The molecule has 0 fully saturated rings. The maximum absolute atomic E-state index is 11.9. The van der Waals surface area contributed by atoms with Crippen LogP contribution in [0.1, 0.15) is 5.56 Å². The van der Waals surface area contributed by atoms with Gasteiger partial charge in [0.25, 0.3) is 11.8 Å². The molecule has 0 saturated carbocycles. The first-order valence-corrected chi connectivity index (χ1v) is 8.67. The molecule has 0 aromatic heterocycles. The van der Waals surface area contributed by atoms with Crippen LogP contribution < -0.4 is 20.3 Å². The Hall–Kier alpha value is -3.80. The van der Waals surface area contributed by atoms with Gasteiger partial charge < -0.3 is 9.47 Å². The van der Waals surface area contributed by atoms with E-state index in [1.54, 1.807) is 31.4 Å². The van der Waals surface area contributed by atoms with Crippen LogP contribution in [-0.2, 0) is 9.59 Å². The normalized spacial score (nSPS) is 10.6. The van der Waals surface area contributed by atoms with Gasteiger partial charge in [-0.2, -0.15) is 0 Å². The highest BCUT2D eigenvalue weighted by molar-refractivity contribution is 5.93. The number of amides is 2. The Balaban J connectivity index is 1.47. The number of benzene rings is 3.